The molecule has 0 aliphatic heterocycles. The van der Waals surface area contributed by atoms with Crippen LogP contribution in [-0.2, 0) is 20.0 Å². The highest BCUT2D eigenvalue weighted by Crippen LogP contribution is 2.20. The van der Waals surface area contributed by atoms with Crippen LogP contribution >= 0.6 is 11.6 Å². The fraction of sp³-hybridized carbons (Fsp3) is 0.700. The van der Waals surface area contributed by atoms with E-state index in [1.54, 1.807) is 11.6 Å². The van der Waals surface area contributed by atoms with Crippen molar-refractivity contribution in [1.82, 2.24) is 15.1 Å². The SMILES string of the molecule is CCc1nn(C)c(CNCC(C)O)c1Cl. The second-order valence-electron chi connectivity index (χ2n) is 3.66. The van der Waals surface area contributed by atoms with E-state index in [4.69, 9.17) is 16.7 Å². The highest BCUT2D eigenvalue weighted by molar-refractivity contribution is 6.31. The van der Waals surface area contributed by atoms with Gasteiger partial charge in [-0.15, -0.1) is 0 Å². The first kappa shape index (κ1) is 12.5. The van der Waals surface area contributed by atoms with Crippen LogP contribution in [0.15, 0.2) is 0 Å². The lowest BCUT2D eigenvalue weighted by Crippen LogP contribution is -2.25. The number of aryl methyl sites for hydroxylation is 2. The number of hydrogen-bond donors (Lipinski definition) is 2. The molecule has 15 heavy (non-hydrogen) atoms. The Labute approximate surface area is 95.2 Å². The lowest BCUT2D eigenvalue weighted by atomic mass is 10.3. The van der Waals surface area contributed by atoms with Crippen molar-refractivity contribution in [3.63, 3.8) is 0 Å². The van der Waals surface area contributed by atoms with Crippen LogP contribution < -0.4 is 5.32 Å². The minimum absolute atomic E-state index is 0.345. The average Bonchev–Trinajstić information content (AvgIpc) is 2.44. The van der Waals surface area contributed by atoms with Crippen LogP contribution in [-0.4, -0.2) is 27.5 Å². The molecular weight excluding hydrogens is 214 g/mol. The standard InChI is InChI=1S/C10H18ClN3O/c1-4-8-10(11)9(14(3)13-8)6-12-5-7(2)15/h7,12,15H,4-6H2,1-3H3. The van der Waals surface area contributed by atoms with Gasteiger partial charge in [0.1, 0.15) is 0 Å². The van der Waals surface area contributed by atoms with Crippen molar-refractivity contribution >= 4 is 11.6 Å². The summed E-state index contributed by atoms with van der Waals surface area (Å²) >= 11 is 6.16. The Balaban J connectivity index is 2.64. The van der Waals surface area contributed by atoms with Gasteiger partial charge in [0.05, 0.1) is 22.5 Å². The maximum Gasteiger partial charge on any atom is 0.0863 e. The zero-order valence-electron chi connectivity index (χ0n) is 9.42. The van der Waals surface area contributed by atoms with Crippen molar-refractivity contribution in [2.24, 2.45) is 7.05 Å². The Morgan fingerprint density at radius 2 is 2.27 bits per heavy atom. The number of aromatic nitrogens is 2. The summed E-state index contributed by atoms with van der Waals surface area (Å²) < 4.78 is 1.79. The van der Waals surface area contributed by atoms with Crippen molar-refractivity contribution < 1.29 is 5.11 Å². The first-order valence-electron chi connectivity index (χ1n) is 5.15. The summed E-state index contributed by atoms with van der Waals surface area (Å²) in [6, 6.07) is 0. The lowest BCUT2D eigenvalue weighted by molar-refractivity contribution is 0.190. The van der Waals surface area contributed by atoms with Crippen LogP contribution in [0.25, 0.3) is 0 Å². The highest BCUT2D eigenvalue weighted by atomic mass is 35.5. The summed E-state index contributed by atoms with van der Waals surface area (Å²) in [5, 5.41) is 17.3. The molecule has 0 amide bonds. The van der Waals surface area contributed by atoms with Crippen LogP contribution in [0, 0.1) is 0 Å². The molecule has 0 saturated heterocycles. The zero-order valence-corrected chi connectivity index (χ0v) is 10.2. The van der Waals surface area contributed by atoms with Crippen LogP contribution in [0.3, 0.4) is 0 Å². The van der Waals surface area contributed by atoms with E-state index >= 15 is 0 Å². The summed E-state index contributed by atoms with van der Waals surface area (Å²) in [6.45, 7) is 4.97. The predicted octanol–water partition coefficient (Wildman–Crippen LogP) is 1.11. The van der Waals surface area contributed by atoms with E-state index < -0.39 is 0 Å². The maximum absolute atomic E-state index is 9.10. The van der Waals surface area contributed by atoms with Crippen LogP contribution in [0.1, 0.15) is 25.2 Å². The molecule has 1 atom stereocenters. The number of aliphatic hydroxyl groups excluding tert-OH is 1. The summed E-state index contributed by atoms with van der Waals surface area (Å²) in [5.41, 5.74) is 1.89. The monoisotopic (exact) mass is 231 g/mol. The molecule has 4 nitrogen and oxygen atoms in total. The average molecular weight is 232 g/mol. The number of hydrogen-bond acceptors (Lipinski definition) is 3. The molecule has 5 heteroatoms. The number of nitrogens with zero attached hydrogens (tertiary/aromatic N) is 2. The molecule has 0 fully saturated rings. The molecular formula is C10H18ClN3O. The largest absolute Gasteiger partial charge is 0.392 e. The summed E-state index contributed by atoms with van der Waals surface area (Å²) in [6.07, 6.45) is 0.492. The van der Waals surface area contributed by atoms with Gasteiger partial charge in [0.2, 0.25) is 0 Å². The topological polar surface area (TPSA) is 50.1 Å². The molecule has 0 saturated carbocycles. The minimum Gasteiger partial charge on any atom is -0.392 e. The second-order valence-corrected chi connectivity index (χ2v) is 4.04. The quantitative estimate of drug-likeness (QED) is 0.798. The van der Waals surface area contributed by atoms with Gasteiger partial charge in [-0.3, -0.25) is 4.68 Å². The predicted molar refractivity (Wildman–Crippen MR) is 61.0 cm³/mol. The maximum atomic E-state index is 9.10. The first-order chi connectivity index (χ1) is 7.06. The normalized spacial score (nSPS) is 13.1. The van der Waals surface area contributed by atoms with Crippen LogP contribution in [0.4, 0.5) is 0 Å². The number of rotatable bonds is 5. The van der Waals surface area contributed by atoms with Gasteiger partial charge in [0.25, 0.3) is 0 Å². The van der Waals surface area contributed by atoms with Crippen molar-refractivity contribution in [3.8, 4) is 0 Å². The fourth-order valence-corrected chi connectivity index (χ4v) is 1.77. The van der Waals surface area contributed by atoms with E-state index in [0.29, 0.717) is 13.1 Å². The van der Waals surface area contributed by atoms with Crippen molar-refractivity contribution in [3.05, 3.63) is 16.4 Å². The van der Waals surface area contributed by atoms with E-state index in [0.717, 1.165) is 22.8 Å². The van der Waals surface area contributed by atoms with Crippen molar-refractivity contribution in [2.45, 2.75) is 32.9 Å². The van der Waals surface area contributed by atoms with E-state index in [2.05, 4.69) is 10.4 Å². The first-order valence-corrected chi connectivity index (χ1v) is 5.53. The molecule has 1 unspecified atom stereocenters. The highest BCUT2D eigenvalue weighted by Gasteiger charge is 2.12. The Hall–Kier alpha value is -0.580. The molecule has 1 rings (SSSR count). The molecule has 86 valence electrons. The van der Waals surface area contributed by atoms with Gasteiger partial charge in [-0.25, -0.2) is 0 Å². The van der Waals surface area contributed by atoms with Gasteiger partial charge in [-0.1, -0.05) is 18.5 Å². The fourth-order valence-electron chi connectivity index (χ4n) is 1.41. The molecule has 2 N–H and O–H groups in total. The Morgan fingerprint density at radius 1 is 1.60 bits per heavy atom. The second kappa shape index (κ2) is 5.49. The van der Waals surface area contributed by atoms with Crippen LogP contribution in [0.2, 0.25) is 5.02 Å². The van der Waals surface area contributed by atoms with E-state index in [1.165, 1.54) is 0 Å². The van der Waals surface area contributed by atoms with Crippen molar-refractivity contribution in [2.75, 3.05) is 6.54 Å². The molecule has 0 spiro atoms. The third-order valence-electron chi connectivity index (χ3n) is 2.24. The molecule has 1 aromatic heterocycles. The minimum atomic E-state index is -0.345. The number of halogens is 1. The molecule has 0 aliphatic rings. The molecule has 0 aliphatic carbocycles. The summed E-state index contributed by atoms with van der Waals surface area (Å²) in [5.74, 6) is 0. The van der Waals surface area contributed by atoms with E-state index in [-0.39, 0.29) is 6.10 Å². The molecule has 0 radical (unpaired) electrons. The zero-order chi connectivity index (χ0) is 11.4. The summed E-state index contributed by atoms with van der Waals surface area (Å²) in [4.78, 5) is 0. The summed E-state index contributed by atoms with van der Waals surface area (Å²) in [7, 11) is 1.88. The van der Waals surface area contributed by atoms with Crippen molar-refractivity contribution in [1.29, 1.82) is 0 Å². The van der Waals surface area contributed by atoms with Gasteiger partial charge in [-0.05, 0) is 13.3 Å². The van der Waals surface area contributed by atoms with Gasteiger partial charge >= 0.3 is 0 Å². The van der Waals surface area contributed by atoms with Gasteiger partial charge in [0, 0.05) is 20.1 Å². The van der Waals surface area contributed by atoms with Gasteiger partial charge in [0.15, 0.2) is 0 Å². The third kappa shape index (κ3) is 3.19. The molecule has 0 bridgehead atoms. The number of nitrogens with one attached hydrogen (secondary N) is 1. The Morgan fingerprint density at radius 3 is 2.73 bits per heavy atom. The number of aliphatic hydroxyl groups is 1. The van der Waals surface area contributed by atoms with E-state index in [1.807, 2.05) is 14.0 Å². The van der Waals surface area contributed by atoms with Crippen LogP contribution in [0.5, 0.6) is 0 Å². The third-order valence-corrected chi connectivity index (χ3v) is 2.67. The Kier molecular flexibility index (Phi) is 4.57. The molecule has 1 aromatic rings. The smallest absolute Gasteiger partial charge is 0.0863 e. The Bertz CT molecular complexity index is 323. The molecule has 0 aromatic carbocycles. The lowest BCUT2D eigenvalue weighted by Gasteiger charge is -2.07. The van der Waals surface area contributed by atoms with Gasteiger partial charge < -0.3 is 10.4 Å². The van der Waals surface area contributed by atoms with E-state index in [9.17, 15) is 0 Å². The molecule has 1 heterocycles. The van der Waals surface area contributed by atoms with Gasteiger partial charge in [-0.2, -0.15) is 5.10 Å².